The van der Waals surface area contributed by atoms with Crippen LogP contribution in [-0.4, -0.2) is 41.2 Å². The van der Waals surface area contributed by atoms with Gasteiger partial charge in [-0.2, -0.15) is 0 Å². The summed E-state index contributed by atoms with van der Waals surface area (Å²) in [6, 6.07) is 5.99. The maximum atomic E-state index is 13.1. The fraction of sp³-hybridized carbons (Fsp3) is 0.562. The van der Waals surface area contributed by atoms with E-state index in [1.807, 2.05) is 4.90 Å². The smallest absolute Gasteiger partial charge is 0.263 e. The summed E-state index contributed by atoms with van der Waals surface area (Å²) in [7, 11) is 0. The van der Waals surface area contributed by atoms with E-state index in [0.29, 0.717) is 12.2 Å². The van der Waals surface area contributed by atoms with Crippen LogP contribution in [0.15, 0.2) is 24.3 Å². The molecule has 0 bridgehead atoms. The van der Waals surface area contributed by atoms with E-state index in [1.165, 1.54) is 12.1 Å². The molecule has 2 atom stereocenters. The van der Waals surface area contributed by atoms with E-state index < -0.39 is 6.10 Å². The molecule has 1 N–H and O–H groups in total. The molecule has 1 saturated heterocycles. The van der Waals surface area contributed by atoms with E-state index in [2.05, 4.69) is 0 Å². The lowest BCUT2D eigenvalue weighted by atomic mass is 10.1. The maximum absolute atomic E-state index is 13.1. The number of hydrogen-bond donors (Lipinski definition) is 1. The molecule has 116 valence electrons. The topological polar surface area (TPSA) is 49.8 Å². The van der Waals surface area contributed by atoms with Crippen LogP contribution in [0, 0.1) is 5.82 Å². The number of ether oxygens (including phenoxy) is 1. The first-order valence-corrected chi connectivity index (χ1v) is 7.45. The SMILES string of the molecule is CC(Oc1cccc(F)c1)C(=O)N1CCCC1CCCO. The predicted molar refractivity (Wildman–Crippen MR) is 77.5 cm³/mol. The molecule has 0 aliphatic carbocycles. The highest BCUT2D eigenvalue weighted by molar-refractivity contribution is 5.81. The molecular weight excluding hydrogens is 273 g/mol. The maximum Gasteiger partial charge on any atom is 0.263 e. The molecular formula is C16H22FNO3. The molecule has 0 aromatic heterocycles. The van der Waals surface area contributed by atoms with Crippen LogP contribution in [0.25, 0.3) is 0 Å². The monoisotopic (exact) mass is 295 g/mol. The lowest BCUT2D eigenvalue weighted by Gasteiger charge is -2.27. The third-order valence-electron chi connectivity index (χ3n) is 3.81. The molecule has 2 rings (SSSR count). The molecule has 0 saturated carbocycles. The number of rotatable bonds is 6. The van der Waals surface area contributed by atoms with Gasteiger partial charge in [-0.15, -0.1) is 0 Å². The van der Waals surface area contributed by atoms with Gasteiger partial charge in [0.1, 0.15) is 11.6 Å². The number of likely N-dealkylation sites (tertiary alicyclic amines) is 1. The van der Waals surface area contributed by atoms with Crippen molar-refractivity contribution in [3.8, 4) is 5.75 Å². The lowest BCUT2D eigenvalue weighted by molar-refractivity contribution is -0.139. The van der Waals surface area contributed by atoms with E-state index in [-0.39, 0.29) is 24.4 Å². The number of hydrogen-bond acceptors (Lipinski definition) is 3. The fourth-order valence-electron chi connectivity index (χ4n) is 2.78. The zero-order valence-electron chi connectivity index (χ0n) is 12.3. The molecule has 0 radical (unpaired) electrons. The molecule has 1 heterocycles. The minimum atomic E-state index is -0.637. The fourth-order valence-corrected chi connectivity index (χ4v) is 2.78. The summed E-state index contributed by atoms with van der Waals surface area (Å²) in [5.74, 6) is -0.0872. The van der Waals surface area contributed by atoms with Gasteiger partial charge in [-0.1, -0.05) is 6.07 Å². The van der Waals surface area contributed by atoms with Crippen molar-refractivity contribution in [3.63, 3.8) is 0 Å². The third kappa shape index (κ3) is 4.17. The Morgan fingerprint density at radius 2 is 2.38 bits per heavy atom. The highest BCUT2D eigenvalue weighted by atomic mass is 19.1. The molecule has 1 amide bonds. The van der Waals surface area contributed by atoms with Crippen molar-refractivity contribution in [3.05, 3.63) is 30.1 Å². The predicted octanol–water partition coefficient (Wildman–Crippen LogP) is 2.36. The van der Waals surface area contributed by atoms with Crippen LogP contribution in [0.4, 0.5) is 4.39 Å². The number of halogens is 1. The van der Waals surface area contributed by atoms with E-state index in [0.717, 1.165) is 25.8 Å². The van der Waals surface area contributed by atoms with Gasteiger partial charge >= 0.3 is 0 Å². The van der Waals surface area contributed by atoms with Crippen molar-refractivity contribution in [2.24, 2.45) is 0 Å². The van der Waals surface area contributed by atoms with E-state index >= 15 is 0 Å². The summed E-state index contributed by atoms with van der Waals surface area (Å²) in [4.78, 5) is 14.3. The summed E-state index contributed by atoms with van der Waals surface area (Å²) >= 11 is 0. The second kappa shape index (κ2) is 7.41. The number of aliphatic hydroxyl groups is 1. The number of aliphatic hydroxyl groups excluding tert-OH is 1. The largest absolute Gasteiger partial charge is 0.481 e. The van der Waals surface area contributed by atoms with Gasteiger partial charge in [-0.25, -0.2) is 4.39 Å². The Morgan fingerprint density at radius 1 is 1.57 bits per heavy atom. The third-order valence-corrected chi connectivity index (χ3v) is 3.81. The van der Waals surface area contributed by atoms with Crippen LogP contribution in [-0.2, 0) is 4.79 Å². The number of benzene rings is 1. The standard InChI is InChI=1S/C16H22FNO3/c1-12(21-15-8-2-5-13(17)11-15)16(20)18-9-3-6-14(18)7-4-10-19/h2,5,8,11-12,14,19H,3-4,6-7,9-10H2,1H3. The van der Waals surface area contributed by atoms with Crippen LogP contribution in [0.2, 0.25) is 0 Å². The van der Waals surface area contributed by atoms with Gasteiger partial charge in [0, 0.05) is 25.3 Å². The minimum Gasteiger partial charge on any atom is -0.481 e. The van der Waals surface area contributed by atoms with E-state index in [9.17, 15) is 9.18 Å². The summed E-state index contributed by atoms with van der Waals surface area (Å²) < 4.78 is 18.7. The first kappa shape index (κ1) is 15.8. The summed E-state index contributed by atoms with van der Waals surface area (Å²) in [5, 5.41) is 8.92. The quantitative estimate of drug-likeness (QED) is 0.876. The van der Waals surface area contributed by atoms with Gasteiger partial charge in [0.2, 0.25) is 0 Å². The molecule has 5 heteroatoms. The molecule has 1 aliphatic rings. The average molecular weight is 295 g/mol. The molecule has 4 nitrogen and oxygen atoms in total. The van der Waals surface area contributed by atoms with Crippen molar-refractivity contribution in [2.75, 3.05) is 13.2 Å². The van der Waals surface area contributed by atoms with Crippen LogP contribution >= 0.6 is 0 Å². The van der Waals surface area contributed by atoms with Gasteiger partial charge in [0.15, 0.2) is 6.10 Å². The Hall–Kier alpha value is -1.62. The second-order valence-electron chi connectivity index (χ2n) is 5.41. The van der Waals surface area contributed by atoms with E-state index in [1.54, 1.807) is 19.1 Å². The first-order chi connectivity index (χ1) is 10.1. The van der Waals surface area contributed by atoms with Crippen LogP contribution in [0.5, 0.6) is 5.75 Å². The Balaban J connectivity index is 1.95. The van der Waals surface area contributed by atoms with Crippen molar-refractivity contribution in [1.82, 2.24) is 4.90 Å². The van der Waals surface area contributed by atoms with Crippen LogP contribution in [0.3, 0.4) is 0 Å². The van der Waals surface area contributed by atoms with Crippen molar-refractivity contribution in [2.45, 2.75) is 44.8 Å². The van der Waals surface area contributed by atoms with Crippen molar-refractivity contribution >= 4 is 5.91 Å². The van der Waals surface area contributed by atoms with Gasteiger partial charge < -0.3 is 14.7 Å². The van der Waals surface area contributed by atoms with E-state index in [4.69, 9.17) is 9.84 Å². The number of nitrogens with zero attached hydrogens (tertiary/aromatic N) is 1. The Labute approximate surface area is 124 Å². The van der Waals surface area contributed by atoms with Crippen LogP contribution < -0.4 is 4.74 Å². The molecule has 21 heavy (non-hydrogen) atoms. The highest BCUT2D eigenvalue weighted by Gasteiger charge is 2.31. The molecule has 1 aliphatic heterocycles. The van der Waals surface area contributed by atoms with Crippen LogP contribution in [0.1, 0.15) is 32.6 Å². The summed E-state index contributed by atoms with van der Waals surface area (Å²) in [5.41, 5.74) is 0. The minimum absolute atomic E-state index is 0.0697. The zero-order chi connectivity index (χ0) is 15.2. The van der Waals surface area contributed by atoms with Gasteiger partial charge in [-0.3, -0.25) is 4.79 Å². The van der Waals surface area contributed by atoms with Gasteiger partial charge in [0.05, 0.1) is 0 Å². The highest BCUT2D eigenvalue weighted by Crippen LogP contribution is 2.23. The Kier molecular flexibility index (Phi) is 5.56. The van der Waals surface area contributed by atoms with Gasteiger partial charge in [-0.05, 0) is 44.7 Å². The molecule has 0 spiro atoms. The van der Waals surface area contributed by atoms with Crippen molar-refractivity contribution in [1.29, 1.82) is 0 Å². The molecule has 2 unspecified atom stereocenters. The molecule has 1 fully saturated rings. The number of carbonyl (C=O) groups is 1. The Bertz CT molecular complexity index is 480. The Morgan fingerprint density at radius 3 is 3.10 bits per heavy atom. The average Bonchev–Trinajstić information content (AvgIpc) is 2.92. The number of amides is 1. The van der Waals surface area contributed by atoms with Crippen molar-refractivity contribution < 1.29 is 19.0 Å². The molecule has 1 aromatic carbocycles. The van der Waals surface area contributed by atoms with Gasteiger partial charge in [0.25, 0.3) is 5.91 Å². The summed E-state index contributed by atoms with van der Waals surface area (Å²) in [6.07, 6.45) is 2.83. The zero-order valence-corrected chi connectivity index (χ0v) is 12.3. The second-order valence-corrected chi connectivity index (χ2v) is 5.41. The molecule has 1 aromatic rings. The lowest BCUT2D eigenvalue weighted by Crippen LogP contribution is -2.43. The normalized spacial score (nSPS) is 19.6. The first-order valence-electron chi connectivity index (χ1n) is 7.45. The summed E-state index contributed by atoms with van der Waals surface area (Å²) in [6.45, 7) is 2.56. The number of carbonyl (C=O) groups excluding carboxylic acids is 1.